The minimum atomic E-state index is -0.0757. The quantitative estimate of drug-likeness (QED) is 0.805. The third kappa shape index (κ3) is 3.30. The van der Waals surface area contributed by atoms with Gasteiger partial charge in [-0.2, -0.15) is 0 Å². The van der Waals surface area contributed by atoms with Crippen LogP contribution >= 0.6 is 21.7 Å². The van der Waals surface area contributed by atoms with Crippen LogP contribution in [0.2, 0.25) is 0 Å². The summed E-state index contributed by atoms with van der Waals surface area (Å²) >= 11 is 0. The molecule has 0 bridgehead atoms. The Morgan fingerprint density at radius 2 is 2.07 bits per heavy atom. The first kappa shape index (κ1) is 11.1. The lowest BCUT2D eigenvalue weighted by Crippen LogP contribution is -2.24. The van der Waals surface area contributed by atoms with Gasteiger partial charge in [0, 0.05) is 11.3 Å². The van der Waals surface area contributed by atoms with Crippen LogP contribution in [0.5, 0.6) is 5.75 Å². The second-order valence-corrected chi connectivity index (χ2v) is 4.55. The Kier molecular flexibility index (Phi) is 4.18. The van der Waals surface area contributed by atoms with Crippen molar-refractivity contribution < 1.29 is 9.47 Å². The van der Waals surface area contributed by atoms with Crippen molar-refractivity contribution >= 4 is 21.7 Å². The van der Waals surface area contributed by atoms with Crippen LogP contribution in [0.1, 0.15) is 19.3 Å². The molecule has 0 amide bonds. The molecule has 0 aliphatic carbocycles. The van der Waals surface area contributed by atoms with Gasteiger partial charge in [0.2, 0.25) is 0 Å². The molecular weight excluding hydrogens is 232 g/mol. The minimum absolute atomic E-state index is 0.0757. The number of hydrogen-bond acceptors (Lipinski definition) is 3. The molecule has 1 unspecified atom stereocenters. The molecule has 0 radical (unpaired) electrons. The Hall–Kier alpha value is -0.380. The normalized spacial score (nSPS) is 21.3. The van der Waals surface area contributed by atoms with Crippen molar-refractivity contribution in [3.05, 3.63) is 24.3 Å². The fourth-order valence-electron chi connectivity index (χ4n) is 1.53. The fraction of sp³-hybridized carbons (Fsp3) is 0.455. The third-order valence-corrected chi connectivity index (χ3v) is 3.30. The molecule has 2 nitrogen and oxygen atoms in total. The summed E-state index contributed by atoms with van der Waals surface area (Å²) in [4.78, 5) is 1.02. The molecule has 1 aromatic carbocycles. The number of ether oxygens (including phenoxy) is 2. The molecular formula is C11H13ClO2S. The van der Waals surface area contributed by atoms with Crippen molar-refractivity contribution in [2.24, 2.45) is 0 Å². The fourth-order valence-corrected chi connectivity index (χ4v) is 2.07. The van der Waals surface area contributed by atoms with E-state index in [1.807, 2.05) is 24.3 Å². The lowest BCUT2D eigenvalue weighted by molar-refractivity contribution is -0.105. The van der Waals surface area contributed by atoms with Crippen molar-refractivity contribution in [1.29, 1.82) is 0 Å². The van der Waals surface area contributed by atoms with Crippen molar-refractivity contribution in [2.75, 3.05) is 6.61 Å². The second kappa shape index (κ2) is 5.64. The van der Waals surface area contributed by atoms with E-state index < -0.39 is 0 Å². The molecule has 1 atom stereocenters. The first-order chi connectivity index (χ1) is 7.38. The minimum Gasteiger partial charge on any atom is -0.465 e. The maximum absolute atomic E-state index is 5.68. The monoisotopic (exact) mass is 244 g/mol. The summed E-state index contributed by atoms with van der Waals surface area (Å²) < 4.78 is 11.2. The zero-order chi connectivity index (χ0) is 10.5. The van der Waals surface area contributed by atoms with Crippen LogP contribution in [0.15, 0.2) is 29.2 Å². The number of halogens is 1. The lowest BCUT2D eigenvalue weighted by Gasteiger charge is -2.23. The van der Waals surface area contributed by atoms with E-state index in [1.165, 1.54) is 17.4 Å². The smallest absolute Gasteiger partial charge is 0.199 e. The molecule has 0 saturated carbocycles. The molecule has 4 heteroatoms. The maximum atomic E-state index is 5.68. The summed E-state index contributed by atoms with van der Waals surface area (Å²) in [5, 5.41) is 0. The highest BCUT2D eigenvalue weighted by Gasteiger charge is 2.14. The highest BCUT2D eigenvalue weighted by Crippen LogP contribution is 2.25. The standard InChI is InChI=1S/C11H13ClO2S/c12-15-10-6-4-9(5-7-10)14-11-3-1-2-8-13-11/h4-7,11H,1-3,8H2. The lowest BCUT2D eigenvalue weighted by atomic mass is 10.2. The van der Waals surface area contributed by atoms with E-state index in [9.17, 15) is 0 Å². The van der Waals surface area contributed by atoms with Gasteiger partial charge >= 0.3 is 0 Å². The van der Waals surface area contributed by atoms with Gasteiger partial charge in [-0.15, -0.1) is 0 Å². The van der Waals surface area contributed by atoms with Crippen LogP contribution in [0.25, 0.3) is 0 Å². The van der Waals surface area contributed by atoms with E-state index in [4.69, 9.17) is 20.2 Å². The first-order valence-corrected chi connectivity index (χ1v) is 6.69. The van der Waals surface area contributed by atoms with Gasteiger partial charge in [0.1, 0.15) is 5.75 Å². The van der Waals surface area contributed by atoms with Crippen LogP contribution in [0, 0.1) is 0 Å². The number of hydrogen-bond donors (Lipinski definition) is 0. The molecule has 0 spiro atoms. The molecule has 82 valence electrons. The van der Waals surface area contributed by atoms with Gasteiger partial charge in [-0.25, -0.2) is 0 Å². The average molecular weight is 245 g/mol. The Balaban J connectivity index is 1.91. The molecule has 15 heavy (non-hydrogen) atoms. The molecule has 2 rings (SSSR count). The average Bonchev–Trinajstić information content (AvgIpc) is 2.31. The van der Waals surface area contributed by atoms with Crippen molar-refractivity contribution in [2.45, 2.75) is 30.4 Å². The zero-order valence-electron chi connectivity index (χ0n) is 8.32. The Morgan fingerprint density at radius 1 is 1.27 bits per heavy atom. The number of benzene rings is 1. The Bertz CT molecular complexity index is 296. The first-order valence-electron chi connectivity index (χ1n) is 5.05. The van der Waals surface area contributed by atoms with E-state index in [0.29, 0.717) is 0 Å². The summed E-state index contributed by atoms with van der Waals surface area (Å²) in [5.41, 5.74) is 0. The van der Waals surface area contributed by atoms with Gasteiger partial charge in [-0.05, 0) is 58.8 Å². The van der Waals surface area contributed by atoms with Gasteiger partial charge in [0.05, 0.1) is 6.61 Å². The van der Waals surface area contributed by atoms with Crippen LogP contribution in [-0.2, 0) is 4.74 Å². The predicted molar refractivity (Wildman–Crippen MR) is 62.4 cm³/mol. The Morgan fingerprint density at radius 3 is 2.67 bits per heavy atom. The molecule has 1 heterocycles. The summed E-state index contributed by atoms with van der Waals surface area (Å²) in [7, 11) is 6.83. The van der Waals surface area contributed by atoms with Gasteiger partial charge in [-0.1, -0.05) is 0 Å². The van der Waals surface area contributed by atoms with E-state index in [1.54, 1.807) is 0 Å². The van der Waals surface area contributed by atoms with E-state index in [0.717, 1.165) is 30.1 Å². The van der Waals surface area contributed by atoms with Gasteiger partial charge in [-0.3, -0.25) is 0 Å². The molecule has 1 aromatic rings. The summed E-state index contributed by atoms with van der Waals surface area (Å²) in [6, 6.07) is 7.72. The van der Waals surface area contributed by atoms with Gasteiger partial charge in [0.15, 0.2) is 6.29 Å². The molecule has 1 aliphatic heterocycles. The summed E-state index contributed by atoms with van der Waals surface area (Å²) in [5.74, 6) is 0.844. The van der Waals surface area contributed by atoms with Crippen LogP contribution < -0.4 is 4.74 Å². The largest absolute Gasteiger partial charge is 0.465 e. The predicted octanol–water partition coefficient (Wildman–Crippen LogP) is 3.84. The third-order valence-electron chi connectivity index (χ3n) is 2.32. The molecule has 1 fully saturated rings. The van der Waals surface area contributed by atoms with Crippen LogP contribution in [-0.4, -0.2) is 12.9 Å². The van der Waals surface area contributed by atoms with E-state index >= 15 is 0 Å². The number of rotatable bonds is 3. The van der Waals surface area contributed by atoms with Gasteiger partial charge < -0.3 is 9.47 Å². The molecule has 0 aromatic heterocycles. The van der Waals surface area contributed by atoms with E-state index in [-0.39, 0.29) is 6.29 Å². The van der Waals surface area contributed by atoms with Crippen LogP contribution in [0.3, 0.4) is 0 Å². The van der Waals surface area contributed by atoms with Gasteiger partial charge in [0.25, 0.3) is 0 Å². The summed E-state index contributed by atoms with van der Waals surface area (Å²) in [6.07, 6.45) is 3.22. The Labute approximate surface area is 98.4 Å². The second-order valence-electron chi connectivity index (χ2n) is 3.46. The van der Waals surface area contributed by atoms with Crippen molar-refractivity contribution in [3.8, 4) is 5.75 Å². The van der Waals surface area contributed by atoms with Crippen molar-refractivity contribution in [1.82, 2.24) is 0 Å². The van der Waals surface area contributed by atoms with Crippen molar-refractivity contribution in [3.63, 3.8) is 0 Å². The zero-order valence-corrected chi connectivity index (χ0v) is 9.89. The topological polar surface area (TPSA) is 18.5 Å². The highest BCUT2D eigenvalue weighted by molar-refractivity contribution is 8.21. The molecule has 1 saturated heterocycles. The molecule has 0 N–H and O–H groups in total. The van der Waals surface area contributed by atoms with E-state index in [2.05, 4.69) is 0 Å². The maximum Gasteiger partial charge on any atom is 0.199 e. The van der Waals surface area contributed by atoms with Crippen LogP contribution in [0.4, 0.5) is 0 Å². The summed E-state index contributed by atoms with van der Waals surface area (Å²) in [6.45, 7) is 0.806. The SMILES string of the molecule is ClSc1ccc(OC2CCCCO2)cc1. The highest BCUT2D eigenvalue weighted by atomic mass is 35.7. The molecule has 1 aliphatic rings.